The summed E-state index contributed by atoms with van der Waals surface area (Å²) in [4.78, 5) is 21.6. The van der Waals surface area contributed by atoms with Gasteiger partial charge in [-0.1, -0.05) is 12.8 Å². The molecule has 2 amide bonds. The van der Waals surface area contributed by atoms with Crippen molar-refractivity contribution in [2.75, 3.05) is 7.05 Å². The first-order chi connectivity index (χ1) is 5.65. The van der Waals surface area contributed by atoms with E-state index in [1.807, 2.05) is 6.92 Å². The van der Waals surface area contributed by atoms with Gasteiger partial charge in [0.15, 0.2) is 0 Å². The van der Waals surface area contributed by atoms with Crippen LogP contribution in [-0.4, -0.2) is 24.9 Å². The van der Waals surface area contributed by atoms with E-state index < -0.39 is 11.8 Å². The van der Waals surface area contributed by atoms with Crippen LogP contribution in [0.15, 0.2) is 0 Å². The van der Waals surface area contributed by atoms with E-state index in [1.54, 1.807) is 0 Å². The van der Waals surface area contributed by atoms with Crippen LogP contribution in [0.3, 0.4) is 0 Å². The highest BCUT2D eigenvalue weighted by molar-refractivity contribution is 6.35. The molecule has 0 fully saturated rings. The first-order valence-electron chi connectivity index (χ1n) is 3.64. The summed E-state index contributed by atoms with van der Waals surface area (Å²) < 4.78 is 0. The van der Waals surface area contributed by atoms with Crippen LogP contribution >= 0.6 is 0 Å². The molecule has 12 heavy (non-hydrogen) atoms. The fourth-order valence-corrected chi connectivity index (χ4v) is 0.599. The second-order valence-corrected chi connectivity index (χ2v) is 2.18. The zero-order chi connectivity index (χ0) is 9.56. The molecule has 66 valence electrons. The average molecular weight is 168 g/mol. The lowest BCUT2D eigenvalue weighted by atomic mass is 10.2. The van der Waals surface area contributed by atoms with Gasteiger partial charge in [-0.25, -0.2) is 0 Å². The predicted octanol–water partition coefficient (Wildman–Crippen LogP) is -0.740. The molecular formula is C8H12N2O2. The number of terminal acetylenes is 1. The molecular weight excluding hydrogens is 156 g/mol. The van der Waals surface area contributed by atoms with Crippen molar-refractivity contribution in [1.29, 1.82) is 0 Å². The standard InChI is InChI=1S/C8H12N2O2/c1-4-6(5-2)10-8(12)7(11)9-3/h1,6H,5H2,2-3H3,(H,9,11)(H,10,12). The van der Waals surface area contributed by atoms with E-state index in [2.05, 4.69) is 16.6 Å². The van der Waals surface area contributed by atoms with Gasteiger partial charge in [0.25, 0.3) is 0 Å². The zero-order valence-electron chi connectivity index (χ0n) is 7.18. The molecule has 0 rings (SSSR count). The fraction of sp³-hybridized carbons (Fsp3) is 0.500. The molecule has 0 heterocycles. The number of hydrogen-bond donors (Lipinski definition) is 2. The lowest BCUT2D eigenvalue weighted by Crippen LogP contribution is -2.42. The molecule has 0 radical (unpaired) electrons. The van der Waals surface area contributed by atoms with Gasteiger partial charge in [0.1, 0.15) is 0 Å². The quantitative estimate of drug-likeness (QED) is 0.421. The second-order valence-electron chi connectivity index (χ2n) is 2.18. The van der Waals surface area contributed by atoms with Crippen molar-refractivity contribution in [2.24, 2.45) is 0 Å². The van der Waals surface area contributed by atoms with Gasteiger partial charge in [-0.05, 0) is 6.42 Å². The number of rotatable bonds is 2. The Morgan fingerprint density at radius 2 is 2.08 bits per heavy atom. The molecule has 0 aliphatic carbocycles. The lowest BCUT2D eigenvalue weighted by molar-refractivity contribution is -0.139. The molecule has 1 atom stereocenters. The van der Waals surface area contributed by atoms with Crippen molar-refractivity contribution in [3.05, 3.63) is 0 Å². The highest BCUT2D eigenvalue weighted by Crippen LogP contribution is 1.86. The SMILES string of the molecule is C#CC(CC)NC(=O)C(=O)NC. The smallest absolute Gasteiger partial charge is 0.310 e. The number of hydrogen-bond acceptors (Lipinski definition) is 2. The van der Waals surface area contributed by atoms with Gasteiger partial charge < -0.3 is 10.6 Å². The van der Waals surface area contributed by atoms with E-state index in [1.165, 1.54) is 7.05 Å². The maximum atomic E-state index is 10.9. The summed E-state index contributed by atoms with van der Waals surface area (Å²) in [5.74, 6) is 0.980. The van der Waals surface area contributed by atoms with Crippen LogP contribution in [0.2, 0.25) is 0 Å². The summed E-state index contributed by atoms with van der Waals surface area (Å²) in [6, 6.07) is -0.366. The molecule has 0 aliphatic heterocycles. The van der Waals surface area contributed by atoms with Gasteiger partial charge in [0.2, 0.25) is 0 Å². The van der Waals surface area contributed by atoms with E-state index in [4.69, 9.17) is 6.42 Å². The molecule has 0 saturated heterocycles. The molecule has 1 unspecified atom stereocenters. The van der Waals surface area contributed by atoms with E-state index in [-0.39, 0.29) is 6.04 Å². The van der Waals surface area contributed by atoms with E-state index in [0.717, 1.165) is 0 Å². The molecule has 0 aliphatic rings. The topological polar surface area (TPSA) is 58.2 Å². The number of carbonyl (C=O) groups excluding carboxylic acids is 2. The second kappa shape index (κ2) is 5.19. The van der Waals surface area contributed by atoms with Crippen molar-refractivity contribution in [3.63, 3.8) is 0 Å². The Hall–Kier alpha value is -1.50. The molecule has 4 nitrogen and oxygen atoms in total. The molecule has 2 N–H and O–H groups in total. The monoisotopic (exact) mass is 168 g/mol. The number of carbonyl (C=O) groups is 2. The Morgan fingerprint density at radius 1 is 1.50 bits per heavy atom. The van der Waals surface area contributed by atoms with Crippen LogP contribution in [0.4, 0.5) is 0 Å². The predicted molar refractivity (Wildman–Crippen MR) is 45.1 cm³/mol. The summed E-state index contributed by atoms with van der Waals surface area (Å²) in [6.45, 7) is 1.83. The first kappa shape index (κ1) is 10.5. The Morgan fingerprint density at radius 3 is 2.42 bits per heavy atom. The Bertz CT molecular complexity index is 218. The minimum atomic E-state index is -0.692. The van der Waals surface area contributed by atoms with Crippen LogP contribution in [0.5, 0.6) is 0 Å². The zero-order valence-corrected chi connectivity index (χ0v) is 7.18. The minimum Gasteiger partial charge on any atom is -0.351 e. The van der Waals surface area contributed by atoms with Crippen LogP contribution in [0.25, 0.3) is 0 Å². The van der Waals surface area contributed by atoms with E-state index in [0.29, 0.717) is 6.42 Å². The average Bonchev–Trinajstić information content (AvgIpc) is 2.12. The fourth-order valence-electron chi connectivity index (χ4n) is 0.599. The Balaban J connectivity index is 4.01. The van der Waals surface area contributed by atoms with Gasteiger partial charge >= 0.3 is 11.8 Å². The normalized spacial score (nSPS) is 11.1. The highest BCUT2D eigenvalue weighted by Gasteiger charge is 2.13. The molecule has 0 saturated carbocycles. The van der Waals surface area contributed by atoms with Gasteiger partial charge in [-0.15, -0.1) is 6.42 Å². The summed E-state index contributed by atoms with van der Waals surface area (Å²) in [7, 11) is 1.39. The maximum absolute atomic E-state index is 10.9. The third kappa shape index (κ3) is 3.06. The molecule has 0 aromatic rings. The van der Waals surface area contributed by atoms with Crippen LogP contribution in [0, 0.1) is 12.3 Å². The Kier molecular flexibility index (Phi) is 4.54. The summed E-state index contributed by atoms with van der Waals surface area (Å²) in [5, 5.41) is 4.58. The summed E-state index contributed by atoms with van der Waals surface area (Å²) in [5.41, 5.74) is 0. The van der Waals surface area contributed by atoms with Crippen molar-refractivity contribution < 1.29 is 9.59 Å². The van der Waals surface area contributed by atoms with Crippen molar-refractivity contribution >= 4 is 11.8 Å². The van der Waals surface area contributed by atoms with Crippen LogP contribution < -0.4 is 10.6 Å². The first-order valence-corrected chi connectivity index (χ1v) is 3.64. The van der Waals surface area contributed by atoms with Gasteiger partial charge in [0.05, 0.1) is 6.04 Å². The van der Waals surface area contributed by atoms with Gasteiger partial charge in [-0.2, -0.15) is 0 Å². The lowest BCUT2D eigenvalue weighted by Gasteiger charge is -2.08. The summed E-state index contributed by atoms with van der Waals surface area (Å²) >= 11 is 0. The number of nitrogens with one attached hydrogen (secondary N) is 2. The maximum Gasteiger partial charge on any atom is 0.310 e. The Labute approximate surface area is 71.7 Å². The third-order valence-corrected chi connectivity index (χ3v) is 1.35. The van der Waals surface area contributed by atoms with E-state index >= 15 is 0 Å². The minimum absolute atomic E-state index is 0.366. The molecule has 0 bridgehead atoms. The molecule has 0 spiro atoms. The van der Waals surface area contributed by atoms with Crippen LogP contribution in [-0.2, 0) is 9.59 Å². The highest BCUT2D eigenvalue weighted by atomic mass is 16.2. The molecule has 4 heteroatoms. The van der Waals surface area contributed by atoms with Crippen molar-refractivity contribution in [1.82, 2.24) is 10.6 Å². The summed E-state index contributed by atoms with van der Waals surface area (Å²) in [6.07, 6.45) is 5.69. The number of likely N-dealkylation sites (N-methyl/N-ethyl adjacent to an activating group) is 1. The van der Waals surface area contributed by atoms with Gasteiger partial charge in [0, 0.05) is 7.05 Å². The number of amides is 2. The molecule has 0 aromatic heterocycles. The van der Waals surface area contributed by atoms with Crippen molar-refractivity contribution in [3.8, 4) is 12.3 Å². The third-order valence-electron chi connectivity index (χ3n) is 1.35. The largest absolute Gasteiger partial charge is 0.351 e. The van der Waals surface area contributed by atoms with E-state index in [9.17, 15) is 9.59 Å². The van der Waals surface area contributed by atoms with Crippen LogP contribution in [0.1, 0.15) is 13.3 Å². The van der Waals surface area contributed by atoms with Gasteiger partial charge in [-0.3, -0.25) is 9.59 Å². The van der Waals surface area contributed by atoms with Crippen molar-refractivity contribution in [2.45, 2.75) is 19.4 Å². The molecule has 0 aromatic carbocycles.